The molecule has 1 atom stereocenters. The molecule has 0 radical (unpaired) electrons. The molecule has 1 aliphatic rings. The quantitative estimate of drug-likeness (QED) is 0.937. The zero-order valence-electron chi connectivity index (χ0n) is 12.9. The van der Waals surface area contributed by atoms with Crippen LogP contribution in [0.1, 0.15) is 11.6 Å². The summed E-state index contributed by atoms with van der Waals surface area (Å²) in [6.45, 7) is 1.83. The minimum Gasteiger partial charge on any atom is -0.496 e. The SMILES string of the molecule is COc1ccc2ccccc2c1[C@H](N1CCNCC1)C(F)(F)F. The van der Waals surface area contributed by atoms with Crippen LogP contribution in [0.2, 0.25) is 0 Å². The normalized spacial score (nSPS) is 18.1. The van der Waals surface area contributed by atoms with Gasteiger partial charge in [0.25, 0.3) is 0 Å². The summed E-state index contributed by atoms with van der Waals surface area (Å²) in [7, 11) is 1.42. The van der Waals surface area contributed by atoms with Gasteiger partial charge in [-0.15, -0.1) is 0 Å². The molecule has 1 fully saturated rings. The van der Waals surface area contributed by atoms with E-state index in [0.717, 1.165) is 5.39 Å². The topological polar surface area (TPSA) is 24.5 Å². The molecule has 0 bridgehead atoms. The molecule has 1 aliphatic heterocycles. The molecule has 1 heterocycles. The molecule has 3 rings (SSSR count). The molecule has 2 aromatic carbocycles. The van der Waals surface area contributed by atoms with Crippen LogP contribution in [-0.2, 0) is 0 Å². The van der Waals surface area contributed by atoms with E-state index in [4.69, 9.17) is 4.74 Å². The van der Waals surface area contributed by atoms with Crippen molar-refractivity contribution in [3.63, 3.8) is 0 Å². The lowest BCUT2D eigenvalue weighted by molar-refractivity contribution is -0.187. The number of rotatable bonds is 3. The number of benzene rings is 2. The minimum absolute atomic E-state index is 0.208. The van der Waals surface area contributed by atoms with Crippen molar-refractivity contribution in [3.05, 3.63) is 42.0 Å². The lowest BCUT2D eigenvalue weighted by atomic mass is 9.95. The molecular weight excluding hydrogens is 305 g/mol. The van der Waals surface area contributed by atoms with Crippen LogP contribution in [0.5, 0.6) is 5.75 Å². The second-order valence-electron chi connectivity index (χ2n) is 5.63. The molecule has 124 valence electrons. The van der Waals surface area contributed by atoms with Crippen LogP contribution >= 0.6 is 0 Å². The van der Waals surface area contributed by atoms with Crippen LogP contribution in [0, 0.1) is 0 Å². The Labute approximate surface area is 133 Å². The molecule has 0 spiro atoms. The van der Waals surface area contributed by atoms with Gasteiger partial charge in [0.1, 0.15) is 11.8 Å². The third-order valence-electron chi connectivity index (χ3n) is 4.25. The van der Waals surface area contributed by atoms with Crippen LogP contribution < -0.4 is 10.1 Å². The van der Waals surface area contributed by atoms with E-state index in [1.54, 1.807) is 24.3 Å². The molecule has 0 aromatic heterocycles. The highest BCUT2D eigenvalue weighted by Gasteiger charge is 2.46. The van der Waals surface area contributed by atoms with Crippen molar-refractivity contribution < 1.29 is 17.9 Å². The number of fused-ring (bicyclic) bond motifs is 1. The summed E-state index contributed by atoms with van der Waals surface area (Å²) >= 11 is 0. The van der Waals surface area contributed by atoms with Gasteiger partial charge in [-0.1, -0.05) is 30.3 Å². The van der Waals surface area contributed by atoms with E-state index in [9.17, 15) is 13.2 Å². The first-order valence-electron chi connectivity index (χ1n) is 7.59. The van der Waals surface area contributed by atoms with E-state index >= 15 is 0 Å². The van der Waals surface area contributed by atoms with E-state index in [1.807, 2.05) is 12.1 Å². The number of hydrogen-bond acceptors (Lipinski definition) is 3. The fourth-order valence-electron chi connectivity index (χ4n) is 3.23. The van der Waals surface area contributed by atoms with E-state index in [2.05, 4.69) is 5.32 Å². The average molecular weight is 324 g/mol. The number of alkyl halides is 3. The van der Waals surface area contributed by atoms with Gasteiger partial charge < -0.3 is 10.1 Å². The Hall–Kier alpha value is -1.79. The van der Waals surface area contributed by atoms with Gasteiger partial charge in [0.05, 0.1) is 7.11 Å². The standard InChI is InChI=1S/C17H19F3N2O/c1-23-14-7-6-12-4-2-3-5-13(12)15(14)16(17(18,19)20)22-10-8-21-9-11-22/h2-7,16,21H,8-11H2,1H3/t16-/m0/s1. The largest absolute Gasteiger partial charge is 0.496 e. The van der Waals surface area contributed by atoms with Gasteiger partial charge in [-0.3, -0.25) is 4.90 Å². The molecule has 3 nitrogen and oxygen atoms in total. The summed E-state index contributed by atoms with van der Waals surface area (Å²) in [5.41, 5.74) is 0.208. The van der Waals surface area contributed by atoms with Crippen molar-refractivity contribution in [1.82, 2.24) is 10.2 Å². The molecule has 0 amide bonds. The van der Waals surface area contributed by atoms with E-state index in [-0.39, 0.29) is 11.3 Å². The Kier molecular flexibility index (Phi) is 4.46. The third-order valence-corrected chi connectivity index (χ3v) is 4.25. The zero-order valence-corrected chi connectivity index (χ0v) is 12.9. The van der Waals surface area contributed by atoms with Gasteiger partial charge in [0.2, 0.25) is 0 Å². The summed E-state index contributed by atoms with van der Waals surface area (Å²) in [4.78, 5) is 1.49. The van der Waals surface area contributed by atoms with Gasteiger partial charge >= 0.3 is 6.18 Å². The Morgan fingerprint density at radius 3 is 2.43 bits per heavy atom. The number of nitrogens with zero attached hydrogens (tertiary/aromatic N) is 1. The first-order chi connectivity index (χ1) is 11.0. The van der Waals surface area contributed by atoms with Crippen molar-refractivity contribution in [2.75, 3.05) is 33.3 Å². The summed E-state index contributed by atoms with van der Waals surface area (Å²) in [5.74, 6) is 0.282. The number of nitrogens with one attached hydrogen (secondary N) is 1. The van der Waals surface area contributed by atoms with Gasteiger partial charge in [0.15, 0.2) is 0 Å². The highest BCUT2D eigenvalue weighted by Crippen LogP contribution is 2.44. The molecule has 0 unspecified atom stereocenters. The van der Waals surface area contributed by atoms with Gasteiger partial charge in [-0.25, -0.2) is 0 Å². The van der Waals surface area contributed by atoms with Crippen molar-refractivity contribution >= 4 is 10.8 Å². The van der Waals surface area contributed by atoms with Crippen molar-refractivity contribution in [2.45, 2.75) is 12.2 Å². The number of piperazine rings is 1. The van der Waals surface area contributed by atoms with Crippen LogP contribution in [0.15, 0.2) is 36.4 Å². The van der Waals surface area contributed by atoms with Gasteiger partial charge in [0, 0.05) is 31.7 Å². The number of methoxy groups -OCH3 is 1. The van der Waals surface area contributed by atoms with E-state index in [1.165, 1.54) is 12.0 Å². The molecule has 0 aliphatic carbocycles. The number of halogens is 3. The zero-order chi connectivity index (χ0) is 16.4. The second-order valence-corrected chi connectivity index (χ2v) is 5.63. The molecule has 23 heavy (non-hydrogen) atoms. The first kappa shape index (κ1) is 16.1. The lowest BCUT2D eigenvalue weighted by Crippen LogP contribution is -2.49. The van der Waals surface area contributed by atoms with Crippen LogP contribution in [0.3, 0.4) is 0 Å². The van der Waals surface area contributed by atoms with E-state index < -0.39 is 12.2 Å². The molecule has 0 saturated carbocycles. The van der Waals surface area contributed by atoms with Crippen LogP contribution in [0.4, 0.5) is 13.2 Å². The molecular formula is C17H19F3N2O. The average Bonchev–Trinajstić information content (AvgIpc) is 2.55. The molecule has 2 aromatic rings. The molecule has 1 saturated heterocycles. The molecule has 1 N–H and O–H groups in total. The summed E-state index contributed by atoms with van der Waals surface area (Å²) < 4.78 is 47.0. The predicted octanol–water partition coefficient (Wildman–Crippen LogP) is 3.36. The Bertz CT molecular complexity index is 681. The fraction of sp³-hybridized carbons (Fsp3) is 0.412. The molecule has 6 heteroatoms. The van der Waals surface area contributed by atoms with Crippen molar-refractivity contribution in [1.29, 1.82) is 0 Å². The monoisotopic (exact) mass is 324 g/mol. The van der Waals surface area contributed by atoms with Gasteiger partial charge in [-0.2, -0.15) is 13.2 Å². The Balaban J connectivity index is 2.20. The maximum absolute atomic E-state index is 13.9. The summed E-state index contributed by atoms with van der Waals surface area (Å²) in [6, 6.07) is 8.90. The highest BCUT2D eigenvalue weighted by atomic mass is 19.4. The van der Waals surface area contributed by atoms with E-state index in [0.29, 0.717) is 31.6 Å². The van der Waals surface area contributed by atoms with Gasteiger partial charge in [-0.05, 0) is 16.8 Å². The summed E-state index contributed by atoms with van der Waals surface area (Å²) in [6.07, 6.45) is -4.37. The highest BCUT2D eigenvalue weighted by molar-refractivity contribution is 5.88. The maximum Gasteiger partial charge on any atom is 0.408 e. The smallest absolute Gasteiger partial charge is 0.408 e. The Morgan fingerprint density at radius 2 is 1.78 bits per heavy atom. The maximum atomic E-state index is 13.9. The van der Waals surface area contributed by atoms with Crippen molar-refractivity contribution in [2.24, 2.45) is 0 Å². The number of hydrogen-bond donors (Lipinski definition) is 1. The predicted molar refractivity (Wildman–Crippen MR) is 83.7 cm³/mol. The van der Waals surface area contributed by atoms with Crippen LogP contribution in [0.25, 0.3) is 10.8 Å². The summed E-state index contributed by atoms with van der Waals surface area (Å²) in [5, 5.41) is 4.47. The lowest BCUT2D eigenvalue weighted by Gasteiger charge is -2.37. The van der Waals surface area contributed by atoms with Crippen molar-refractivity contribution in [3.8, 4) is 5.75 Å². The third kappa shape index (κ3) is 3.14. The minimum atomic E-state index is -4.37. The second kappa shape index (κ2) is 6.37. The van der Waals surface area contributed by atoms with Crippen LogP contribution in [-0.4, -0.2) is 44.4 Å². The first-order valence-corrected chi connectivity index (χ1v) is 7.59. The number of ether oxygens (including phenoxy) is 1. The fourth-order valence-corrected chi connectivity index (χ4v) is 3.23. The Morgan fingerprint density at radius 1 is 1.09 bits per heavy atom.